The zero-order chi connectivity index (χ0) is 30.8. The van der Waals surface area contributed by atoms with Crippen LogP contribution in [0.1, 0.15) is 48.9 Å². The molecule has 2 atom stereocenters. The Morgan fingerprint density at radius 2 is 1.84 bits per heavy atom. The first kappa shape index (κ1) is 31.5. The number of halogens is 3. The molecule has 0 aliphatic carbocycles. The number of amides is 1. The number of hydrogen-bond donors (Lipinski definition) is 2. The minimum absolute atomic E-state index is 0.121. The predicted octanol–water partition coefficient (Wildman–Crippen LogP) is 7.27. The number of hydrogen-bond acceptors (Lipinski definition) is 5. The Hall–Kier alpha value is -4.39. The molecule has 6 nitrogen and oxygen atoms in total. The lowest BCUT2D eigenvalue weighted by Gasteiger charge is -2.24. The third kappa shape index (κ3) is 8.57. The number of nitriles is 1. The lowest BCUT2D eigenvalue weighted by atomic mass is 9.98. The monoisotopic (exact) mass is 588 g/mol. The number of alkyl halides is 3. The summed E-state index contributed by atoms with van der Waals surface area (Å²) in [6.45, 7) is 3.00. The molecule has 4 rings (SSSR count). The molecule has 0 aromatic heterocycles. The molecule has 1 aliphatic rings. The van der Waals surface area contributed by atoms with Gasteiger partial charge in [0.15, 0.2) is 0 Å². The number of nitrogens with zero attached hydrogens (tertiary/aromatic N) is 2. The molecule has 0 radical (unpaired) electrons. The van der Waals surface area contributed by atoms with E-state index >= 15 is 0 Å². The second-order valence-corrected chi connectivity index (χ2v) is 10.3. The van der Waals surface area contributed by atoms with Gasteiger partial charge in [-0.3, -0.25) is 4.79 Å². The summed E-state index contributed by atoms with van der Waals surface area (Å²) in [5, 5.41) is 15.7. The molecule has 1 saturated heterocycles. The molecule has 0 spiro atoms. The Kier molecular flexibility index (Phi) is 10.8. The molecule has 43 heavy (non-hydrogen) atoms. The van der Waals surface area contributed by atoms with Gasteiger partial charge in [-0.15, -0.1) is 0 Å². The molecule has 9 heteroatoms. The first-order valence-electron chi connectivity index (χ1n) is 14.2. The maximum absolute atomic E-state index is 13.9. The minimum atomic E-state index is -4.66. The average Bonchev–Trinajstić information content (AvgIpc) is 3.53. The molecule has 1 aliphatic heterocycles. The Labute approximate surface area is 250 Å². The third-order valence-electron chi connectivity index (χ3n) is 7.18. The van der Waals surface area contributed by atoms with Crippen molar-refractivity contribution in [3.05, 3.63) is 119 Å². The van der Waals surface area contributed by atoms with Gasteiger partial charge in [-0.05, 0) is 66.8 Å². The van der Waals surface area contributed by atoms with E-state index in [1.54, 1.807) is 37.3 Å². The van der Waals surface area contributed by atoms with E-state index in [-0.39, 0.29) is 24.3 Å². The van der Waals surface area contributed by atoms with Crippen molar-refractivity contribution in [2.24, 2.45) is 0 Å². The molecule has 0 bridgehead atoms. The number of anilines is 2. The fourth-order valence-electron chi connectivity index (χ4n) is 4.98. The van der Waals surface area contributed by atoms with Crippen molar-refractivity contribution in [3.8, 4) is 6.07 Å². The van der Waals surface area contributed by atoms with Crippen LogP contribution in [0, 0.1) is 11.3 Å². The highest BCUT2D eigenvalue weighted by Crippen LogP contribution is 2.31. The van der Waals surface area contributed by atoms with E-state index in [0.717, 1.165) is 42.7 Å². The van der Waals surface area contributed by atoms with Crippen LogP contribution in [0.4, 0.5) is 24.5 Å². The molecule has 1 amide bonds. The van der Waals surface area contributed by atoms with Crippen LogP contribution in [0.2, 0.25) is 0 Å². The largest absolute Gasteiger partial charge is 0.416 e. The summed E-state index contributed by atoms with van der Waals surface area (Å²) >= 11 is 0. The summed E-state index contributed by atoms with van der Waals surface area (Å²) in [5.74, 6) is -0.725. The normalized spacial score (nSPS) is 16.4. The number of carbonyl (C=O) groups excluding carboxylic acids is 1. The number of nitrogens with one attached hydrogen (secondary N) is 2. The van der Waals surface area contributed by atoms with Gasteiger partial charge in [0.25, 0.3) is 5.91 Å². The summed E-state index contributed by atoms with van der Waals surface area (Å²) in [6.07, 6.45) is -0.509. The SMILES string of the molecule is CCC=C(C=C(C(=O)Nc1cccc(C(NCC2CCCO2)c2ccccc2)c1)N(C)c1cccc(C#N)c1)C(F)(F)F. The minimum Gasteiger partial charge on any atom is -0.377 e. The topological polar surface area (TPSA) is 77.4 Å². The number of benzene rings is 3. The van der Waals surface area contributed by atoms with Gasteiger partial charge in [-0.2, -0.15) is 18.4 Å². The van der Waals surface area contributed by atoms with E-state index in [1.165, 1.54) is 18.0 Å². The summed E-state index contributed by atoms with van der Waals surface area (Å²) in [4.78, 5) is 15.0. The Balaban J connectivity index is 1.66. The van der Waals surface area contributed by atoms with Crippen LogP contribution in [0.25, 0.3) is 0 Å². The van der Waals surface area contributed by atoms with Crippen LogP contribution in [0.3, 0.4) is 0 Å². The molecule has 1 fully saturated rings. The predicted molar refractivity (Wildman–Crippen MR) is 162 cm³/mol. The van der Waals surface area contributed by atoms with Crippen LogP contribution in [0.15, 0.2) is 102 Å². The van der Waals surface area contributed by atoms with Crippen LogP contribution >= 0.6 is 0 Å². The van der Waals surface area contributed by atoms with E-state index in [4.69, 9.17) is 4.74 Å². The van der Waals surface area contributed by atoms with E-state index in [1.807, 2.05) is 48.5 Å². The standard InChI is InChI=1S/C34H35F3N4O2/c1-3-10-27(34(35,36)37)21-31(41(2)29-16-7-11-24(19-29)22-38)33(42)40-28-15-8-14-26(20-28)32(25-12-5-4-6-13-25)39-23-30-17-9-18-43-30/h4-8,10-16,19-21,30,32,39H,3,9,17-18,23H2,1-2H3,(H,40,42). The fraction of sp³-hybridized carbons (Fsp3) is 0.294. The molecular weight excluding hydrogens is 553 g/mol. The molecule has 224 valence electrons. The van der Waals surface area contributed by atoms with Crippen LogP contribution < -0.4 is 15.5 Å². The van der Waals surface area contributed by atoms with Gasteiger partial charge in [0, 0.05) is 31.6 Å². The Morgan fingerprint density at radius 3 is 2.51 bits per heavy atom. The van der Waals surface area contributed by atoms with Gasteiger partial charge in [0.2, 0.25) is 0 Å². The molecule has 0 saturated carbocycles. The highest BCUT2D eigenvalue weighted by molar-refractivity contribution is 6.06. The van der Waals surface area contributed by atoms with E-state index in [2.05, 4.69) is 10.6 Å². The van der Waals surface area contributed by atoms with Gasteiger partial charge < -0.3 is 20.3 Å². The number of ether oxygens (including phenoxy) is 1. The maximum Gasteiger partial charge on any atom is 0.416 e. The van der Waals surface area contributed by atoms with Crippen LogP contribution in [0.5, 0.6) is 0 Å². The highest BCUT2D eigenvalue weighted by atomic mass is 19.4. The number of rotatable bonds is 11. The average molecular weight is 589 g/mol. The van der Waals surface area contributed by atoms with Gasteiger partial charge >= 0.3 is 6.18 Å². The van der Waals surface area contributed by atoms with Crippen LogP contribution in [-0.4, -0.2) is 38.4 Å². The Morgan fingerprint density at radius 1 is 1.09 bits per heavy atom. The lowest BCUT2D eigenvalue weighted by molar-refractivity contribution is -0.112. The zero-order valence-corrected chi connectivity index (χ0v) is 24.2. The van der Waals surface area contributed by atoms with E-state index in [0.29, 0.717) is 23.5 Å². The van der Waals surface area contributed by atoms with Crippen molar-refractivity contribution in [1.29, 1.82) is 5.26 Å². The van der Waals surface area contributed by atoms with E-state index in [9.17, 15) is 23.2 Å². The summed E-state index contributed by atoms with van der Waals surface area (Å²) in [7, 11) is 1.50. The smallest absolute Gasteiger partial charge is 0.377 e. The van der Waals surface area contributed by atoms with Crippen molar-refractivity contribution in [2.75, 3.05) is 30.4 Å². The van der Waals surface area contributed by atoms with Crippen molar-refractivity contribution >= 4 is 17.3 Å². The summed E-state index contributed by atoms with van der Waals surface area (Å²) in [5.41, 5.74) is 1.90. The van der Waals surface area contributed by atoms with Crippen molar-refractivity contribution in [1.82, 2.24) is 5.32 Å². The maximum atomic E-state index is 13.9. The number of likely N-dealkylation sites (N-methyl/N-ethyl adjacent to an activating group) is 1. The Bertz CT molecular complexity index is 1490. The molecule has 3 aromatic carbocycles. The van der Waals surface area contributed by atoms with Gasteiger partial charge in [0.1, 0.15) is 5.70 Å². The first-order chi connectivity index (χ1) is 20.7. The zero-order valence-electron chi connectivity index (χ0n) is 24.2. The van der Waals surface area contributed by atoms with Crippen molar-refractivity contribution in [3.63, 3.8) is 0 Å². The number of allylic oxidation sites excluding steroid dienone is 3. The number of carbonyl (C=O) groups is 1. The molecule has 2 N–H and O–H groups in total. The third-order valence-corrected chi connectivity index (χ3v) is 7.18. The second kappa shape index (κ2) is 14.7. The van der Waals surface area contributed by atoms with Gasteiger partial charge in [-0.25, -0.2) is 0 Å². The molecular formula is C34H35F3N4O2. The quantitative estimate of drug-likeness (QED) is 0.182. The lowest BCUT2D eigenvalue weighted by Crippen LogP contribution is -2.31. The van der Waals surface area contributed by atoms with Gasteiger partial charge in [0.05, 0.1) is 29.4 Å². The summed E-state index contributed by atoms with van der Waals surface area (Å²) < 4.78 is 47.5. The van der Waals surface area contributed by atoms with Crippen molar-refractivity contribution in [2.45, 2.75) is 44.5 Å². The first-order valence-corrected chi connectivity index (χ1v) is 14.2. The highest BCUT2D eigenvalue weighted by Gasteiger charge is 2.33. The molecule has 2 unspecified atom stereocenters. The molecule has 3 aromatic rings. The summed E-state index contributed by atoms with van der Waals surface area (Å²) in [6, 6.07) is 25.3. The second-order valence-electron chi connectivity index (χ2n) is 10.3. The van der Waals surface area contributed by atoms with Crippen molar-refractivity contribution < 1.29 is 22.7 Å². The van der Waals surface area contributed by atoms with Crippen LogP contribution in [-0.2, 0) is 9.53 Å². The van der Waals surface area contributed by atoms with E-state index < -0.39 is 17.7 Å². The van der Waals surface area contributed by atoms with Gasteiger partial charge in [-0.1, -0.05) is 61.5 Å². The fourth-order valence-corrected chi connectivity index (χ4v) is 4.98. The molecule has 1 heterocycles.